The fourth-order valence-electron chi connectivity index (χ4n) is 0.872. The Labute approximate surface area is 77.4 Å². The van der Waals surface area contributed by atoms with E-state index in [-0.39, 0.29) is 0 Å². The molecule has 0 saturated carbocycles. The van der Waals surface area contributed by atoms with Gasteiger partial charge in [0, 0.05) is 31.2 Å². The highest BCUT2D eigenvalue weighted by molar-refractivity contribution is 5.98. The number of hydrazone groups is 1. The Kier molecular flexibility index (Phi) is 3.63. The monoisotopic (exact) mass is 176 g/mol. The first-order chi connectivity index (χ1) is 6.38. The summed E-state index contributed by atoms with van der Waals surface area (Å²) < 4.78 is 0. The number of pyridine rings is 1. The van der Waals surface area contributed by atoms with Crippen molar-refractivity contribution in [2.45, 2.75) is 6.92 Å². The number of rotatable bonds is 2. The third-order valence-electron chi connectivity index (χ3n) is 1.46. The van der Waals surface area contributed by atoms with Crippen LogP contribution in [-0.4, -0.2) is 24.1 Å². The highest BCUT2D eigenvalue weighted by Crippen LogP contribution is 1.95. The van der Waals surface area contributed by atoms with Gasteiger partial charge in [0.15, 0.2) is 0 Å². The van der Waals surface area contributed by atoms with Gasteiger partial charge in [-0.05, 0) is 19.1 Å². The highest BCUT2D eigenvalue weighted by atomic mass is 15.3. The summed E-state index contributed by atoms with van der Waals surface area (Å²) in [6, 6.07) is 3.78. The van der Waals surface area contributed by atoms with E-state index >= 15 is 0 Å². The molecule has 0 radical (unpaired) electrons. The highest BCUT2D eigenvalue weighted by Gasteiger charge is 1.98. The number of hydrogen-bond acceptors (Lipinski definition) is 3. The Morgan fingerprint density at radius 2 is 2.46 bits per heavy atom. The van der Waals surface area contributed by atoms with Crippen molar-refractivity contribution in [2.24, 2.45) is 10.1 Å². The average molecular weight is 176 g/mol. The summed E-state index contributed by atoms with van der Waals surface area (Å²) in [4.78, 5) is 8.04. The van der Waals surface area contributed by atoms with Gasteiger partial charge in [-0.1, -0.05) is 0 Å². The van der Waals surface area contributed by atoms with Crippen LogP contribution in [0.5, 0.6) is 0 Å². The summed E-state index contributed by atoms with van der Waals surface area (Å²) in [5.41, 5.74) is 3.74. The summed E-state index contributed by atoms with van der Waals surface area (Å²) in [7, 11) is 1.71. The van der Waals surface area contributed by atoms with Gasteiger partial charge in [-0.25, -0.2) is 0 Å². The second-order valence-electron chi connectivity index (χ2n) is 2.31. The molecule has 0 atom stereocenters. The topological polar surface area (TPSA) is 49.6 Å². The molecular formula is C9H12N4. The number of hydrogen-bond donors (Lipinski definition) is 1. The maximum atomic E-state index is 4.05. The van der Waals surface area contributed by atoms with E-state index in [4.69, 9.17) is 0 Å². The predicted octanol–water partition coefficient (Wildman–Crippen LogP) is 1.05. The molecule has 0 saturated heterocycles. The zero-order valence-corrected chi connectivity index (χ0v) is 7.73. The first kappa shape index (κ1) is 9.38. The summed E-state index contributed by atoms with van der Waals surface area (Å²) in [6.07, 6.45) is 5.13. The van der Waals surface area contributed by atoms with Gasteiger partial charge in [0.25, 0.3) is 0 Å². The average Bonchev–Trinajstić information content (AvgIpc) is 2.21. The third-order valence-corrected chi connectivity index (χ3v) is 1.46. The Bertz CT molecular complexity index is 303. The van der Waals surface area contributed by atoms with Crippen LogP contribution in [0.3, 0.4) is 0 Å². The number of aromatic nitrogens is 1. The van der Waals surface area contributed by atoms with Crippen molar-refractivity contribution in [3.8, 4) is 0 Å². The Balaban J connectivity index is 2.80. The standard InChI is InChI=1S/C9H12N4/c1-3-12-13-9(10-2)8-5-4-6-11-7-8/h3-7H,1-2H3,(H,10,13)/b12-3+. The van der Waals surface area contributed by atoms with Crippen LogP contribution in [0.15, 0.2) is 34.6 Å². The lowest BCUT2D eigenvalue weighted by Crippen LogP contribution is -2.18. The molecule has 1 rings (SSSR count). The van der Waals surface area contributed by atoms with Gasteiger partial charge < -0.3 is 0 Å². The van der Waals surface area contributed by atoms with Gasteiger partial charge in [0.2, 0.25) is 0 Å². The summed E-state index contributed by atoms with van der Waals surface area (Å²) >= 11 is 0. The largest absolute Gasteiger partial charge is 0.270 e. The minimum Gasteiger partial charge on any atom is -0.270 e. The number of amidine groups is 1. The van der Waals surface area contributed by atoms with Crippen LogP contribution in [-0.2, 0) is 0 Å². The van der Waals surface area contributed by atoms with E-state index in [0.717, 1.165) is 5.56 Å². The molecule has 68 valence electrons. The second-order valence-corrected chi connectivity index (χ2v) is 2.31. The van der Waals surface area contributed by atoms with Crippen LogP contribution in [0.1, 0.15) is 12.5 Å². The summed E-state index contributed by atoms with van der Waals surface area (Å²) in [5, 5.41) is 3.89. The van der Waals surface area contributed by atoms with Gasteiger partial charge in [0.05, 0.1) is 0 Å². The molecule has 0 amide bonds. The van der Waals surface area contributed by atoms with E-state index in [1.165, 1.54) is 0 Å². The first-order valence-corrected chi connectivity index (χ1v) is 3.99. The Morgan fingerprint density at radius 3 is 3.00 bits per heavy atom. The molecule has 0 spiro atoms. The molecule has 4 heteroatoms. The number of nitrogens with zero attached hydrogens (tertiary/aromatic N) is 3. The number of nitrogens with one attached hydrogen (secondary N) is 1. The molecule has 1 N–H and O–H groups in total. The molecule has 0 aliphatic rings. The molecular weight excluding hydrogens is 164 g/mol. The van der Waals surface area contributed by atoms with Gasteiger partial charge in [-0.15, -0.1) is 0 Å². The lowest BCUT2D eigenvalue weighted by Gasteiger charge is -2.02. The van der Waals surface area contributed by atoms with Crippen LogP contribution in [0.2, 0.25) is 0 Å². The molecule has 1 heterocycles. The van der Waals surface area contributed by atoms with Crippen molar-refractivity contribution in [3.05, 3.63) is 30.1 Å². The van der Waals surface area contributed by atoms with E-state index in [1.807, 2.05) is 19.1 Å². The fraction of sp³-hybridized carbons (Fsp3) is 0.222. The van der Waals surface area contributed by atoms with Gasteiger partial charge in [-0.2, -0.15) is 5.10 Å². The van der Waals surface area contributed by atoms with Gasteiger partial charge >= 0.3 is 0 Å². The molecule has 0 aliphatic heterocycles. The molecule has 0 unspecified atom stereocenters. The van der Waals surface area contributed by atoms with Crippen molar-refractivity contribution in [1.82, 2.24) is 10.4 Å². The SMILES string of the molecule is C/C=N/NC(=NC)c1cccnc1. The van der Waals surface area contributed by atoms with Crippen molar-refractivity contribution in [2.75, 3.05) is 7.05 Å². The van der Waals surface area contributed by atoms with Gasteiger partial charge in [0.1, 0.15) is 5.84 Å². The smallest absolute Gasteiger partial charge is 0.150 e. The van der Waals surface area contributed by atoms with Crippen LogP contribution in [0.4, 0.5) is 0 Å². The van der Waals surface area contributed by atoms with Crippen molar-refractivity contribution in [1.29, 1.82) is 0 Å². The maximum Gasteiger partial charge on any atom is 0.150 e. The maximum absolute atomic E-state index is 4.05. The molecule has 0 fully saturated rings. The van der Waals surface area contributed by atoms with Crippen molar-refractivity contribution < 1.29 is 0 Å². The molecule has 13 heavy (non-hydrogen) atoms. The number of aliphatic imine (C=N–C) groups is 1. The van der Waals surface area contributed by atoms with Crippen molar-refractivity contribution >= 4 is 12.1 Å². The fourth-order valence-corrected chi connectivity index (χ4v) is 0.872. The quantitative estimate of drug-likeness (QED) is 0.416. The minimum absolute atomic E-state index is 0.714. The molecule has 1 aromatic rings. The summed E-state index contributed by atoms with van der Waals surface area (Å²) in [5.74, 6) is 0.714. The molecule has 0 aliphatic carbocycles. The van der Waals surface area contributed by atoms with Crippen LogP contribution >= 0.6 is 0 Å². The summed E-state index contributed by atoms with van der Waals surface area (Å²) in [6.45, 7) is 1.84. The zero-order chi connectivity index (χ0) is 9.52. The first-order valence-electron chi connectivity index (χ1n) is 3.99. The van der Waals surface area contributed by atoms with E-state index < -0.39 is 0 Å². The predicted molar refractivity (Wildman–Crippen MR) is 54.0 cm³/mol. The molecule has 0 aromatic carbocycles. The van der Waals surface area contributed by atoms with E-state index in [0.29, 0.717) is 5.84 Å². The van der Waals surface area contributed by atoms with E-state index in [9.17, 15) is 0 Å². The van der Waals surface area contributed by atoms with E-state index in [1.54, 1.807) is 25.7 Å². The Hall–Kier alpha value is -1.71. The normalized spacial score (nSPS) is 12.0. The molecule has 0 bridgehead atoms. The zero-order valence-electron chi connectivity index (χ0n) is 7.73. The van der Waals surface area contributed by atoms with Crippen molar-refractivity contribution in [3.63, 3.8) is 0 Å². The van der Waals surface area contributed by atoms with Crippen LogP contribution < -0.4 is 5.43 Å². The molecule has 4 nitrogen and oxygen atoms in total. The van der Waals surface area contributed by atoms with Gasteiger partial charge in [-0.3, -0.25) is 15.4 Å². The third kappa shape index (κ3) is 2.66. The molecule has 1 aromatic heterocycles. The lowest BCUT2D eigenvalue weighted by atomic mass is 10.3. The van der Waals surface area contributed by atoms with Crippen LogP contribution in [0.25, 0.3) is 0 Å². The Morgan fingerprint density at radius 1 is 1.62 bits per heavy atom. The minimum atomic E-state index is 0.714. The lowest BCUT2D eigenvalue weighted by molar-refractivity contribution is 1.02. The second kappa shape index (κ2) is 5.03. The van der Waals surface area contributed by atoms with Crippen LogP contribution in [0, 0.1) is 0 Å². The van der Waals surface area contributed by atoms with E-state index in [2.05, 4.69) is 20.5 Å².